The van der Waals surface area contributed by atoms with E-state index >= 15 is 0 Å². The Morgan fingerprint density at radius 1 is 0.781 bits per heavy atom. The van der Waals surface area contributed by atoms with Crippen LogP contribution in [0.5, 0.6) is 0 Å². The van der Waals surface area contributed by atoms with Gasteiger partial charge in [0.15, 0.2) is 0 Å². The summed E-state index contributed by atoms with van der Waals surface area (Å²) in [6.07, 6.45) is 1.01. The van der Waals surface area contributed by atoms with Crippen molar-refractivity contribution in [1.29, 1.82) is 0 Å². The number of carbonyl (C=O) groups excluding carboxylic acids is 1. The lowest BCUT2D eigenvalue weighted by atomic mass is 10.2. The molecule has 0 aliphatic carbocycles. The third-order valence-corrected chi connectivity index (χ3v) is 9.68. The van der Waals surface area contributed by atoms with Crippen LogP contribution in [-0.2, 0) is 24.8 Å². The predicted octanol–water partition coefficient (Wildman–Crippen LogP) is 1.51. The molecule has 2 fully saturated rings. The molecule has 0 saturated carbocycles. The van der Waals surface area contributed by atoms with Crippen LogP contribution in [0.3, 0.4) is 0 Å². The number of sulfonamides is 2. The fourth-order valence-corrected chi connectivity index (χ4v) is 7.21. The van der Waals surface area contributed by atoms with Crippen LogP contribution in [0.2, 0.25) is 0 Å². The molecule has 0 spiro atoms. The van der Waals surface area contributed by atoms with Crippen molar-refractivity contribution in [3.63, 3.8) is 0 Å². The minimum atomic E-state index is -3.80. The number of nitrogens with zero attached hydrogens (tertiary/aromatic N) is 3. The van der Waals surface area contributed by atoms with E-state index in [4.69, 9.17) is 0 Å². The molecule has 0 aromatic heterocycles. The van der Waals surface area contributed by atoms with E-state index in [0.29, 0.717) is 12.8 Å². The normalized spacial score (nSPS) is 21.0. The molecule has 4 rings (SSSR count). The molecule has 2 aromatic carbocycles. The van der Waals surface area contributed by atoms with Gasteiger partial charge in [-0.05, 0) is 49.2 Å². The van der Waals surface area contributed by atoms with Crippen LogP contribution in [0.25, 0.3) is 0 Å². The third-order valence-electron chi connectivity index (χ3n) is 5.84. The van der Waals surface area contributed by atoms with Gasteiger partial charge < -0.3 is 4.90 Å². The summed E-state index contributed by atoms with van der Waals surface area (Å²) in [5.41, 5.74) is 0. The smallest absolute Gasteiger partial charge is 0.243 e. The topological polar surface area (TPSA) is 95.1 Å². The summed E-state index contributed by atoms with van der Waals surface area (Å²) in [4.78, 5) is 14.8. The van der Waals surface area contributed by atoms with Gasteiger partial charge >= 0.3 is 0 Å². The van der Waals surface area contributed by atoms with Gasteiger partial charge in [0.2, 0.25) is 26.0 Å². The first-order chi connectivity index (χ1) is 15.2. The second-order valence-corrected chi connectivity index (χ2v) is 11.6. The summed E-state index contributed by atoms with van der Waals surface area (Å²) < 4.78 is 67.3. The van der Waals surface area contributed by atoms with Gasteiger partial charge in [0.05, 0.1) is 9.79 Å². The van der Waals surface area contributed by atoms with Crippen molar-refractivity contribution in [3.05, 3.63) is 60.4 Å². The number of halogens is 1. The zero-order chi connectivity index (χ0) is 22.9. The maximum Gasteiger partial charge on any atom is 0.243 e. The summed E-state index contributed by atoms with van der Waals surface area (Å²) in [5.74, 6) is -0.827. The Morgan fingerprint density at radius 2 is 1.38 bits per heavy atom. The second kappa shape index (κ2) is 8.89. The number of amides is 1. The minimum Gasteiger partial charge on any atom is -0.339 e. The molecule has 8 nitrogen and oxygen atoms in total. The SMILES string of the molecule is O=C(C1CCCN1S(=O)(=O)c1ccccc1)N1CCN(S(=O)(=O)c2ccc(F)cc2)CC1. The molecule has 2 aliphatic rings. The molecule has 1 unspecified atom stereocenters. The fraction of sp³-hybridized carbons (Fsp3) is 0.381. The molecule has 172 valence electrons. The Morgan fingerprint density at radius 3 is 2.00 bits per heavy atom. The maximum atomic E-state index is 13.2. The average molecular weight is 482 g/mol. The molecule has 11 heteroatoms. The van der Waals surface area contributed by atoms with Crippen molar-refractivity contribution >= 4 is 26.0 Å². The molecule has 32 heavy (non-hydrogen) atoms. The van der Waals surface area contributed by atoms with Crippen molar-refractivity contribution in [2.24, 2.45) is 0 Å². The Hall–Kier alpha value is -2.34. The molecular formula is C21H24FN3O5S2. The maximum absolute atomic E-state index is 13.2. The fourth-order valence-electron chi connectivity index (χ4n) is 4.12. The van der Waals surface area contributed by atoms with Crippen molar-refractivity contribution in [2.45, 2.75) is 28.7 Å². The highest BCUT2D eigenvalue weighted by molar-refractivity contribution is 7.89. The van der Waals surface area contributed by atoms with E-state index in [1.54, 1.807) is 18.2 Å². The first-order valence-corrected chi connectivity index (χ1v) is 13.2. The Kier molecular flexibility index (Phi) is 6.35. The molecule has 2 aromatic rings. The molecule has 0 bridgehead atoms. The van der Waals surface area contributed by atoms with Crippen molar-refractivity contribution in [2.75, 3.05) is 32.7 Å². The number of benzene rings is 2. The second-order valence-electron chi connectivity index (χ2n) is 7.77. The molecule has 2 heterocycles. The molecular weight excluding hydrogens is 457 g/mol. The molecule has 1 atom stereocenters. The van der Waals surface area contributed by atoms with E-state index < -0.39 is 31.9 Å². The average Bonchev–Trinajstić information content (AvgIpc) is 3.30. The van der Waals surface area contributed by atoms with Gasteiger partial charge in [-0.3, -0.25) is 4.79 Å². The van der Waals surface area contributed by atoms with Gasteiger partial charge in [-0.1, -0.05) is 18.2 Å². The third kappa shape index (κ3) is 4.29. The van der Waals surface area contributed by atoms with Crippen LogP contribution >= 0.6 is 0 Å². The van der Waals surface area contributed by atoms with Crippen LogP contribution < -0.4 is 0 Å². The van der Waals surface area contributed by atoms with Gasteiger partial charge in [0.25, 0.3) is 0 Å². The zero-order valence-corrected chi connectivity index (χ0v) is 18.9. The van der Waals surface area contributed by atoms with Crippen LogP contribution in [-0.4, -0.2) is 75.0 Å². The predicted molar refractivity (Wildman–Crippen MR) is 115 cm³/mol. The van der Waals surface area contributed by atoms with Gasteiger partial charge in [-0.15, -0.1) is 0 Å². The molecule has 1 amide bonds. The Labute approximate surface area is 187 Å². The standard InChI is InChI=1S/C21H24FN3O5S2/c22-17-8-10-19(11-9-17)31(27,28)24-15-13-23(14-16-24)21(26)20-7-4-12-25(20)32(29,30)18-5-2-1-3-6-18/h1-3,5-6,8-11,20H,4,7,12-16H2. The van der Waals surface area contributed by atoms with Crippen molar-refractivity contribution in [3.8, 4) is 0 Å². The monoisotopic (exact) mass is 481 g/mol. The van der Waals surface area contributed by atoms with Gasteiger partial charge in [-0.25, -0.2) is 21.2 Å². The summed E-state index contributed by atoms with van der Waals surface area (Å²) >= 11 is 0. The van der Waals surface area contributed by atoms with E-state index in [-0.39, 0.29) is 48.4 Å². The highest BCUT2D eigenvalue weighted by Crippen LogP contribution is 2.28. The quantitative estimate of drug-likeness (QED) is 0.645. The molecule has 0 N–H and O–H groups in total. The van der Waals surface area contributed by atoms with E-state index in [0.717, 1.165) is 12.1 Å². The summed E-state index contributed by atoms with van der Waals surface area (Å²) in [6, 6.07) is 11.8. The first kappa shape index (κ1) is 22.8. The van der Waals surface area contributed by atoms with Crippen LogP contribution in [0.1, 0.15) is 12.8 Å². The largest absolute Gasteiger partial charge is 0.339 e. The van der Waals surface area contributed by atoms with E-state index in [2.05, 4.69) is 0 Å². The lowest BCUT2D eigenvalue weighted by molar-refractivity contribution is -0.135. The highest BCUT2D eigenvalue weighted by atomic mass is 32.2. The first-order valence-electron chi connectivity index (χ1n) is 10.3. The zero-order valence-electron chi connectivity index (χ0n) is 17.3. The van der Waals surface area contributed by atoms with Crippen LogP contribution in [0.4, 0.5) is 4.39 Å². The number of rotatable bonds is 5. The van der Waals surface area contributed by atoms with Crippen LogP contribution in [0, 0.1) is 5.82 Å². The number of carbonyl (C=O) groups is 1. The van der Waals surface area contributed by atoms with Crippen LogP contribution in [0.15, 0.2) is 64.4 Å². The van der Waals surface area contributed by atoms with Gasteiger partial charge in [-0.2, -0.15) is 8.61 Å². The lowest BCUT2D eigenvalue weighted by Crippen LogP contribution is -2.55. The summed E-state index contributed by atoms with van der Waals surface area (Å²) in [6.45, 7) is 0.768. The number of hydrogen-bond acceptors (Lipinski definition) is 5. The lowest BCUT2D eigenvalue weighted by Gasteiger charge is -2.36. The van der Waals surface area contributed by atoms with Crippen molar-refractivity contribution in [1.82, 2.24) is 13.5 Å². The Balaban J connectivity index is 1.44. The van der Waals surface area contributed by atoms with E-state index in [9.17, 15) is 26.0 Å². The van der Waals surface area contributed by atoms with E-state index in [1.165, 1.54) is 37.8 Å². The van der Waals surface area contributed by atoms with E-state index in [1.807, 2.05) is 0 Å². The minimum absolute atomic E-state index is 0.00500. The van der Waals surface area contributed by atoms with Gasteiger partial charge in [0, 0.05) is 32.7 Å². The van der Waals surface area contributed by atoms with Gasteiger partial charge in [0.1, 0.15) is 11.9 Å². The molecule has 2 aliphatic heterocycles. The summed E-state index contributed by atoms with van der Waals surface area (Å²) in [5, 5.41) is 0. The molecule has 2 saturated heterocycles. The van der Waals surface area contributed by atoms with Crippen molar-refractivity contribution < 1.29 is 26.0 Å². The number of piperazine rings is 1. The summed E-state index contributed by atoms with van der Waals surface area (Å²) in [7, 11) is -7.59. The molecule has 0 radical (unpaired) electrons. The number of hydrogen-bond donors (Lipinski definition) is 0. The highest BCUT2D eigenvalue weighted by Gasteiger charge is 2.42. The Bertz CT molecular complexity index is 1180.